The molecule has 1 aliphatic heterocycles. The maximum absolute atomic E-state index is 14.3. The minimum absolute atomic E-state index is 0.247. The van der Waals surface area contributed by atoms with E-state index in [1.165, 1.54) is 28.4 Å². The summed E-state index contributed by atoms with van der Waals surface area (Å²) in [6.45, 7) is 2.05. The van der Waals surface area contributed by atoms with Crippen LogP contribution in [-0.4, -0.2) is 26.7 Å². The Balaban J connectivity index is 1.38. The second-order valence-corrected chi connectivity index (χ2v) is 9.71. The fourth-order valence-corrected chi connectivity index (χ4v) is 5.29. The van der Waals surface area contributed by atoms with Crippen molar-refractivity contribution >= 4 is 39.2 Å². The first-order chi connectivity index (χ1) is 17.5. The number of carbonyl (C=O) groups is 2. The number of thiazole rings is 1. The minimum atomic E-state index is -1.01. The SMILES string of the molecule is Cc1ccc(F)cc1C(C(=O)Nc1nccs1)N1Cc2ccc(-c3ccc4[nH]ccc4c3)cc2C1=O. The Morgan fingerprint density at radius 3 is 2.78 bits per heavy atom. The van der Waals surface area contributed by atoms with Crippen molar-refractivity contribution in [2.75, 3.05) is 5.32 Å². The molecule has 1 atom stereocenters. The smallest absolute Gasteiger partial charge is 0.255 e. The number of carbonyl (C=O) groups excluding carboxylic acids is 2. The first-order valence-corrected chi connectivity index (χ1v) is 12.3. The van der Waals surface area contributed by atoms with Crippen LogP contribution >= 0.6 is 11.3 Å². The van der Waals surface area contributed by atoms with Crippen LogP contribution in [0.15, 0.2) is 78.4 Å². The van der Waals surface area contributed by atoms with Gasteiger partial charge < -0.3 is 9.88 Å². The topological polar surface area (TPSA) is 78.1 Å². The molecule has 2 amide bonds. The monoisotopic (exact) mass is 496 g/mol. The van der Waals surface area contributed by atoms with Gasteiger partial charge >= 0.3 is 0 Å². The summed E-state index contributed by atoms with van der Waals surface area (Å²) in [6, 6.07) is 17.2. The fraction of sp³-hybridized carbons (Fsp3) is 0.107. The summed E-state index contributed by atoms with van der Waals surface area (Å²) in [4.78, 5) is 36.0. The van der Waals surface area contributed by atoms with Crippen molar-refractivity contribution in [3.05, 3.63) is 107 Å². The summed E-state index contributed by atoms with van der Waals surface area (Å²) in [7, 11) is 0. The average Bonchev–Trinajstić information content (AvgIpc) is 3.62. The van der Waals surface area contributed by atoms with Gasteiger partial charge in [-0.1, -0.05) is 24.3 Å². The van der Waals surface area contributed by atoms with E-state index in [-0.39, 0.29) is 12.5 Å². The van der Waals surface area contributed by atoms with E-state index < -0.39 is 17.8 Å². The van der Waals surface area contributed by atoms with E-state index >= 15 is 0 Å². The lowest BCUT2D eigenvalue weighted by atomic mass is 9.98. The quantitative estimate of drug-likeness (QED) is 0.310. The number of aryl methyl sites for hydroxylation is 1. The van der Waals surface area contributed by atoms with Gasteiger partial charge in [0.1, 0.15) is 11.9 Å². The second kappa shape index (κ2) is 8.73. The third kappa shape index (κ3) is 3.85. The highest BCUT2D eigenvalue weighted by molar-refractivity contribution is 7.13. The highest BCUT2D eigenvalue weighted by Crippen LogP contribution is 2.36. The number of fused-ring (bicyclic) bond motifs is 2. The largest absolute Gasteiger partial charge is 0.361 e. The Kier molecular flexibility index (Phi) is 5.38. The van der Waals surface area contributed by atoms with Gasteiger partial charge in [-0.05, 0) is 76.5 Å². The van der Waals surface area contributed by atoms with Crippen molar-refractivity contribution < 1.29 is 14.0 Å². The first-order valence-electron chi connectivity index (χ1n) is 11.5. The number of H-pyrrole nitrogens is 1. The standard InChI is InChI=1S/C28H21FN4O2S/c1-16-2-6-21(29)14-22(16)25(26(34)32-28-31-10-11-36-28)33-15-20-4-3-18(13-23(20)27(33)35)17-5-7-24-19(12-17)8-9-30-24/h2-14,25,30H,15H2,1H3,(H,31,32,34). The molecule has 1 aliphatic rings. The first kappa shape index (κ1) is 22.2. The third-order valence-electron chi connectivity index (χ3n) is 6.59. The molecule has 2 aromatic heterocycles. The average molecular weight is 497 g/mol. The van der Waals surface area contributed by atoms with Gasteiger partial charge in [0.05, 0.1) is 0 Å². The lowest BCUT2D eigenvalue weighted by molar-refractivity contribution is -0.120. The van der Waals surface area contributed by atoms with Gasteiger partial charge in [0, 0.05) is 35.4 Å². The maximum Gasteiger partial charge on any atom is 0.255 e. The Labute approximate surface area is 210 Å². The predicted octanol–water partition coefficient (Wildman–Crippen LogP) is 6.07. The summed E-state index contributed by atoms with van der Waals surface area (Å²) in [5, 5.41) is 6.05. The summed E-state index contributed by atoms with van der Waals surface area (Å²) < 4.78 is 14.3. The number of hydrogen-bond donors (Lipinski definition) is 2. The zero-order chi connectivity index (χ0) is 24.8. The molecular weight excluding hydrogens is 475 g/mol. The molecule has 0 saturated heterocycles. The van der Waals surface area contributed by atoms with Gasteiger partial charge in [-0.25, -0.2) is 9.37 Å². The predicted molar refractivity (Wildman–Crippen MR) is 138 cm³/mol. The van der Waals surface area contributed by atoms with E-state index in [0.717, 1.165) is 33.2 Å². The number of rotatable bonds is 5. The van der Waals surface area contributed by atoms with Crippen LogP contribution in [0.25, 0.3) is 22.0 Å². The molecule has 0 bridgehead atoms. The maximum atomic E-state index is 14.3. The molecule has 0 radical (unpaired) electrons. The van der Waals surface area contributed by atoms with Crippen LogP contribution in [-0.2, 0) is 11.3 Å². The van der Waals surface area contributed by atoms with Gasteiger partial charge in [0.25, 0.3) is 11.8 Å². The van der Waals surface area contributed by atoms with Crippen LogP contribution in [0.3, 0.4) is 0 Å². The number of benzene rings is 3. The Morgan fingerprint density at radius 2 is 1.94 bits per heavy atom. The normalized spacial score (nSPS) is 13.7. The highest BCUT2D eigenvalue weighted by atomic mass is 32.1. The Hall–Kier alpha value is -4.30. The molecule has 8 heteroatoms. The van der Waals surface area contributed by atoms with Crippen molar-refractivity contribution in [3.63, 3.8) is 0 Å². The highest BCUT2D eigenvalue weighted by Gasteiger charge is 2.38. The van der Waals surface area contributed by atoms with Crippen molar-refractivity contribution in [1.29, 1.82) is 0 Å². The van der Waals surface area contributed by atoms with Gasteiger partial charge in [0.15, 0.2) is 5.13 Å². The molecular formula is C28H21FN4O2S. The molecule has 178 valence electrons. The summed E-state index contributed by atoms with van der Waals surface area (Å²) >= 11 is 1.28. The lowest BCUT2D eigenvalue weighted by Gasteiger charge is -2.28. The van der Waals surface area contributed by atoms with E-state index in [2.05, 4.69) is 21.4 Å². The zero-order valence-electron chi connectivity index (χ0n) is 19.3. The zero-order valence-corrected chi connectivity index (χ0v) is 20.1. The van der Waals surface area contributed by atoms with Crippen molar-refractivity contribution in [2.24, 2.45) is 0 Å². The molecule has 2 N–H and O–H groups in total. The molecule has 5 aromatic rings. The molecule has 0 aliphatic carbocycles. The number of nitrogens with zero attached hydrogens (tertiary/aromatic N) is 2. The molecule has 36 heavy (non-hydrogen) atoms. The molecule has 1 unspecified atom stereocenters. The molecule has 3 heterocycles. The van der Waals surface area contributed by atoms with E-state index in [1.54, 1.807) is 24.6 Å². The van der Waals surface area contributed by atoms with E-state index in [1.807, 2.05) is 42.6 Å². The number of nitrogens with one attached hydrogen (secondary N) is 2. The van der Waals surface area contributed by atoms with Crippen molar-refractivity contribution in [3.8, 4) is 11.1 Å². The van der Waals surface area contributed by atoms with Crippen LogP contribution in [0.1, 0.15) is 33.1 Å². The molecule has 6 rings (SSSR count). The Morgan fingerprint density at radius 1 is 1.11 bits per heavy atom. The van der Waals surface area contributed by atoms with Crippen molar-refractivity contribution in [2.45, 2.75) is 19.5 Å². The summed E-state index contributed by atoms with van der Waals surface area (Å²) in [5.74, 6) is -1.16. The number of amides is 2. The molecule has 0 spiro atoms. The van der Waals surface area contributed by atoms with E-state index in [0.29, 0.717) is 16.3 Å². The third-order valence-corrected chi connectivity index (χ3v) is 7.28. The van der Waals surface area contributed by atoms with Gasteiger partial charge in [-0.2, -0.15) is 0 Å². The van der Waals surface area contributed by atoms with Crippen LogP contribution in [0.5, 0.6) is 0 Å². The van der Waals surface area contributed by atoms with E-state index in [9.17, 15) is 14.0 Å². The fourth-order valence-electron chi connectivity index (χ4n) is 4.76. The van der Waals surface area contributed by atoms with E-state index in [4.69, 9.17) is 0 Å². The number of aromatic nitrogens is 2. The van der Waals surface area contributed by atoms with Crippen LogP contribution in [0.4, 0.5) is 9.52 Å². The summed E-state index contributed by atoms with van der Waals surface area (Å²) in [5.41, 5.74) is 5.49. The number of aromatic amines is 1. The van der Waals surface area contributed by atoms with Crippen LogP contribution in [0, 0.1) is 12.7 Å². The number of anilines is 1. The Bertz CT molecular complexity index is 1630. The molecule has 0 fully saturated rings. The van der Waals surface area contributed by atoms with Crippen LogP contribution < -0.4 is 5.32 Å². The molecule has 6 nitrogen and oxygen atoms in total. The lowest BCUT2D eigenvalue weighted by Crippen LogP contribution is -2.38. The molecule has 0 saturated carbocycles. The second-order valence-electron chi connectivity index (χ2n) is 8.81. The van der Waals surface area contributed by atoms with Crippen LogP contribution in [0.2, 0.25) is 0 Å². The van der Waals surface area contributed by atoms with Gasteiger partial charge in [-0.15, -0.1) is 11.3 Å². The van der Waals surface area contributed by atoms with Gasteiger partial charge in [0.2, 0.25) is 0 Å². The minimum Gasteiger partial charge on any atom is -0.361 e. The number of hydrogen-bond acceptors (Lipinski definition) is 4. The number of halogens is 1. The summed E-state index contributed by atoms with van der Waals surface area (Å²) in [6.07, 6.45) is 3.48. The van der Waals surface area contributed by atoms with Gasteiger partial charge in [-0.3, -0.25) is 14.9 Å². The van der Waals surface area contributed by atoms with Crippen molar-refractivity contribution in [1.82, 2.24) is 14.9 Å². The molecule has 3 aromatic carbocycles.